The Balaban J connectivity index is 2.44. The lowest BCUT2D eigenvalue weighted by molar-refractivity contribution is 0.599. The van der Waals surface area contributed by atoms with Gasteiger partial charge in [0.2, 0.25) is 0 Å². The number of nitrogens with one attached hydrogen (secondary N) is 1. The van der Waals surface area contributed by atoms with Crippen molar-refractivity contribution < 1.29 is 12.8 Å². The van der Waals surface area contributed by atoms with E-state index in [0.717, 1.165) is 11.0 Å². The van der Waals surface area contributed by atoms with Crippen molar-refractivity contribution in [3.63, 3.8) is 0 Å². The molecule has 2 rings (SSSR count). The summed E-state index contributed by atoms with van der Waals surface area (Å²) in [6.45, 7) is 1.47. The first kappa shape index (κ1) is 15.7. The van der Waals surface area contributed by atoms with Crippen LogP contribution in [0.15, 0.2) is 46.2 Å². The normalized spacial score (nSPS) is 11.4. The number of halogens is 1. The van der Waals surface area contributed by atoms with E-state index < -0.39 is 15.8 Å². The summed E-state index contributed by atoms with van der Waals surface area (Å²) in [6.07, 6.45) is 1.85. The molecule has 0 bridgehead atoms. The molecule has 0 aliphatic carbocycles. The standard InChI is InChI=1S/C14H15FN2O2S2/c1-9-7-10(8-11(16)14(9)15)21(18,19)17-12-5-3-4-6-13(12)20-2/h3-8,17H,16H2,1-2H3. The lowest BCUT2D eigenvalue weighted by atomic mass is 10.2. The van der Waals surface area contributed by atoms with Gasteiger partial charge in [0.05, 0.1) is 16.3 Å². The molecule has 112 valence electrons. The average molecular weight is 326 g/mol. The molecule has 4 nitrogen and oxygen atoms in total. The summed E-state index contributed by atoms with van der Waals surface area (Å²) in [7, 11) is -3.82. The molecule has 0 saturated heterocycles. The predicted molar refractivity (Wildman–Crippen MR) is 84.6 cm³/mol. The number of rotatable bonds is 4. The fourth-order valence-electron chi connectivity index (χ4n) is 1.85. The van der Waals surface area contributed by atoms with Gasteiger partial charge in [-0.2, -0.15) is 0 Å². The summed E-state index contributed by atoms with van der Waals surface area (Å²) in [5.74, 6) is -0.599. The van der Waals surface area contributed by atoms with Gasteiger partial charge in [-0.25, -0.2) is 12.8 Å². The number of benzene rings is 2. The molecular weight excluding hydrogens is 311 g/mol. The Hall–Kier alpha value is -1.73. The maximum atomic E-state index is 13.5. The number of hydrogen-bond acceptors (Lipinski definition) is 4. The van der Waals surface area contributed by atoms with E-state index in [1.54, 1.807) is 12.1 Å². The summed E-state index contributed by atoms with van der Waals surface area (Å²) in [6, 6.07) is 9.42. The largest absolute Gasteiger partial charge is 0.396 e. The molecule has 0 atom stereocenters. The third kappa shape index (κ3) is 3.30. The van der Waals surface area contributed by atoms with Crippen LogP contribution in [0.5, 0.6) is 0 Å². The summed E-state index contributed by atoms with van der Waals surface area (Å²) >= 11 is 1.43. The maximum absolute atomic E-state index is 13.5. The molecular formula is C14H15FN2O2S2. The number of sulfonamides is 1. The van der Waals surface area contributed by atoms with Crippen molar-refractivity contribution in [1.82, 2.24) is 0 Å². The van der Waals surface area contributed by atoms with Crippen molar-refractivity contribution in [3.8, 4) is 0 Å². The van der Waals surface area contributed by atoms with Crippen LogP contribution in [0.2, 0.25) is 0 Å². The van der Waals surface area contributed by atoms with Crippen molar-refractivity contribution in [3.05, 3.63) is 47.8 Å². The first-order chi connectivity index (χ1) is 9.85. The first-order valence-corrected chi connectivity index (χ1v) is 8.77. The number of aryl methyl sites for hydroxylation is 1. The summed E-state index contributed by atoms with van der Waals surface area (Å²) in [4.78, 5) is 0.739. The highest BCUT2D eigenvalue weighted by molar-refractivity contribution is 7.99. The van der Waals surface area contributed by atoms with E-state index in [2.05, 4.69) is 4.72 Å². The highest BCUT2D eigenvalue weighted by Gasteiger charge is 2.18. The Morgan fingerprint density at radius 2 is 1.90 bits per heavy atom. The Kier molecular flexibility index (Phi) is 4.43. The van der Waals surface area contributed by atoms with Crippen LogP contribution >= 0.6 is 11.8 Å². The first-order valence-electron chi connectivity index (χ1n) is 6.06. The molecule has 2 aromatic rings. The predicted octanol–water partition coefficient (Wildman–Crippen LogP) is 3.24. The molecule has 0 heterocycles. The fraction of sp³-hybridized carbons (Fsp3) is 0.143. The Bertz CT molecular complexity index is 753. The van der Waals surface area contributed by atoms with E-state index in [9.17, 15) is 12.8 Å². The van der Waals surface area contributed by atoms with Crippen LogP contribution in [-0.2, 0) is 10.0 Å². The molecule has 21 heavy (non-hydrogen) atoms. The minimum absolute atomic E-state index is 0.0604. The molecule has 0 aromatic heterocycles. The maximum Gasteiger partial charge on any atom is 0.262 e. The minimum Gasteiger partial charge on any atom is -0.396 e. The second kappa shape index (κ2) is 5.95. The summed E-state index contributed by atoms with van der Waals surface area (Å²) < 4.78 is 40.8. The quantitative estimate of drug-likeness (QED) is 0.668. The Labute approximate surface area is 127 Å². The van der Waals surface area contributed by atoms with Gasteiger partial charge < -0.3 is 5.73 Å². The van der Waals surface area contributed by atoms with Crippen LogP contribution in [-0.4, -0.2) is 14.7 Å². The van der Waals surface area contributed by atoms with E-state index in [4.69, 9.17) is 5.73 Å². The van der Waals surface area contributed by atoms with E-state index in [0.29, 0.717) is 5.69 Å². The Morgan fingerprint density at radius 1 is 1.24 bits per heavy atom. The van der Waals surface area contributed by atoms with E-state index in [-0.39, 0.29) is 16.1 Å². The second-order valence-corrected chi connectivity index (χ2v) is 6.98. The summed E-state index contributed by atoms with van der Waals surface area (Å²) in [5, 5.41) is 0. The van der Waals surface area contributed by atoms with Gasteiger partial charge in [-0.1, -0.05) is 12.1 Å². The highest BCUT2D eigenvalue weighted by Crippen LogP contribution is 2.28. The average Bonchev–Trinajstić information content (AvgIpc) is 2.44. The van der Waals surface area contributed by atoms with Gasteiger partial charge >= 0.3 is 0 Å². The number of para-hydroxylation sites is 1. The zero-order valence-corrected chi connectivity index (χ0v) is 13.2. The molecule has 0 saturated carbocycles. The van der Waals surface area contributed by atoms with Crippen LogP contribution in [0.4, 0.5) is 15.8 Å². The smallest absolute Gasteiger partial charge is 0.262 e. The molecule has 0 amide bonds. The van der Waals surface area contributed by atoms with Crippen LogP contribution in [0, 0.1) is 12.7 Å². The second-order valence-electron chi connectivity index (χ2n) is 4.45. The molecule has 0 aliphatic rings. The van der Waals surface area contributed by atoms with E-state index >= 15 is 0 Å². The minimum atomic E-state index is -3.82. The number of nitrogens with two attached hydrogens (primary N) is 1. The molecule has 0 aliphatic heterocycles. The molecule has 0 radical (unpaired) electrons. The van der Waals surface area contributed by atoms with Gasteiger partial charge in [0, 0.05) is 4.90 Å². The summed E-state index contributed by atoms with van der Waals surface area (Å²) in [5.41, 5.74) is 5.98. The zero-order valence-electron chi connectivity index (χ0n) is 11.6. The lowest BCUT2D eigenvalue weighted by Crippen LogP contribution is -2.14. The number of thioether (sulfide) groups is 1. The molecule has 0 fully saturated rings. The van der Waals surface area contributed by atoms with Crippen LogP contribution < -0.4 is 10.5 Å². The topological polar surface area (TPSA) is 72.2 Å². The van der Waals surface area contributed by atoms with Crippen LogP contribution in [0.1, 0.15) is 5.56 Å². The van der Waals surface area contributed by atoms with Gasteiger partial charge in [-0.15, -0.1) is 11.8 Å². The fourth-order valence-corrected chi connectivity index (χ4v) is 3.67. The molecule has 2 aromatic carbocycles. The monoisotopic (exact) mass is 326 g/mol. The molecule has 0 unspecified atom stereocenters. The van der Waals surface area contributed by atoms with E-state index in [1.807, 2.05) is 18.4 Å². The Morgan fingerprint density at radius 3 is 2.52 bits per heavy atom. The van der Waals surface area contributed by atoms with Gasteiger partial charge in [0.15, 0.2) is 0 Å². The molecule has 7 heteroatoms. The lowest BCUT2D eigenvalue weighted by Gasteiger charge is -2.12. The highest BCUT2D eigenvalue weighted by atomic mass is 32.2. The number of nitrogen functional groups attached to an aromatic ring is 1. The van der Waals surface area contributed by atoms with Crippen molar-refractivity contribution in [2.24, 2.45) is 0 Å². The molecule has 3 N–H and O–H groups in total. The number of hydrogen-bond donors (Lipinski definition) is 2. The SMILES string of the molecule is CSc1ccccc1NS(=O)(=O)c1cc(C)c(F)c(N)c1. The van der Waals surface area contributed by atoms with Gasteiger partial charge in [-0.3, -0.25) is 4.72 Å². The van der Waals surface area contributed by atoms with Crippen molar-refractivity contribution in [2.75, 3.05) is 16.7 Å². The third-order valence-corrected chi connectivity index (χ3v) is 5.06. The van der Waals surface area contributed by atoms with Gasteiger partial charge in [0.25, 0.3) is 10.0 Å². The number of anilines is 2. The van der Waals surface area contributed by atoms with Crippen LogP contribution in [0.25, 0.3) is 0 Å². The van der Waals surface area contributed by atoms with Crippen molar-refractivity contribution in [2.45, 2.75) is 16.7 Å². The van der Waals surface area contributed by atoms with Gasteiger partial charge in [0.1, 0.15) is 5.82 Å². The third-order valence-electron chi connectivity index (χ3n) is 2.92. The van der Waals surface area contributed by atoms with Gasteiger partial charge in [-0.05, 0) is 43.0 Å². The zero-order chi connectivity index (χ0) is 15.6. The van der Waals surface area contributed by atoms with E-state index in [1.165, 1.54) is 24.8 Å². The van der Waals surface area contributed by atoms with Crippen molar-refractivity contribution in [1.29, 1.82) is 0 Å². The van der Waals surface area contributed by atoms with Crippen molar-refractivity contribution >= 4 is 33.2 Å². The van der Waals surface area contributed by atoms with Crippen LogP contribution in [0.3, 0.4) is 0 Å². The molecule has 0 spiro atoms.